The zero-order valence-electron chi connectivity index (χ0n) is 23.6. The Morgan fingerprint density at radius 3 is 2.53 bits per heavy atom. The minimum absolute atomic E-state index is 0.00660. The Hall–Kier alpha value is -1.88. The number of fused-ring (bicyclic) bond motifs is 1. The van der Waals surface area contributed by atoms with Crippen molar-refractivity contribution in [3.8, 4) is 0 Å². The summed E-state index contributed by atoms with van der Waals surface area (Å²) in [6.45, 7) is 13.4. The molecule has 0 aromatic heterocycles. The molecule has 0 unspecified atom stereocenters. The number of hydrogen-bond acceptors (Lipinski definition) is 5. The second-order valence-corrected chi connectivity index (χ2v) is 12.4. The lowest BCUT2D eigenvalue weighted by Gasteiger charge is -2.43. The fourth-order valence-corrected chi connectivity index (χ4v) is 7.16. The summed E-state index contributed by atoms with van der Waals surface area (Å²) in [6, 6.07) is 0. The highest BCUT2D eigenvalue weighted by molar-refractivity contribution is 5.66. The van der Waals surface area contributed by atoms with Crippen LogP contribution in [0, 0.1) is 23.2 Å². The van der Waals surface area contributed by atoms with Crippen LogP contribution >= 0.6 is 0 Å². The monoisotopic (exact) mass is 500 g/mol. The average Bonchev–Trinajstić information content (AvgIpc) is 3.13. The molecule has 1 fully saturated rings. The van der Waals surface area contributed by atoms with Gasteiger partial charge in [0.25, 0.3) is 0 Å². The molecule has 1 N–H and O–H groups in total. The number of hydrogen-bond donors (Lipinski definition) is 1. The maximum absolute atomic E-state index is 11.6. The second kappa shape index (κ2) is 11.7. The molecule has 0 heterocycles. The van der Waals surface area contributed by atoms with Gasteiger partial charge in [-0.25, -0.2) is 0 Å². The van der Waals surface area contributed by atoms with E-state index in [1.807, 2.05) is 0 Å². The molecule has 0 aliphatic heterocycles. The fourth-order valence-electron chi connectivity index (χ4n) is 7.16. The number of esters is 2. The summed E-state index contributed by atoms with van der Waals surface area (Å²) in [4.78, 5) is 23.0. The van der Waals surface area contributed by atoms with E-state index >= 15 is 0 Å². The summed E-state index contributed by atoms with van der Waals surface area (Å²) in [5.74, 6) is 1.14. The Bertz CT molecular complexity index is 904. The topological polar surface area (TPSA) is 72.8 Å². The van der Waals surface area contributed by atoms with Gasteiger partial charge in [-0.3, -0.25) is 9.59 Å². The van der Waals surface area contributed by atoms with E-state index < -0.39 is 11.7 Å². The van der Waals surface area contributed by atoms with E-state index in [9.17, 15) is 14.7 Å². The summed E-state index contributed by atoms with van der Waals surface area (Å²) in [7, 11) is 0. The lowest BCUT2D eigenvalue weighted by molar-refractivity contribution is -0.160. The molecule has 5 heteroatoms. The number of carbonyl (C=O) groups excluding carboxylic acids is 2. The Morgan fingerprint density at radius 1 is 1.17 bits per heavy atom. The molecule has 0 aromatic rings. The van der Waals surface area contributed by atoms with Crippen LogP contribution in [0.25, 0.3) is 0 Å². The second-order valence-electron chi connectivity index (χ2n) is 12.4. The summed E-state index contributed by atoms with van der Waals surface area (Å²) < 4.78 is 11.0. The lowest BCUT2D eigenvalue weighted by atomic mass is 9.62. The van der Waals surface area contributed by atoms with E-state index in [-0.39, 0.29) is 23.5 Å². The van der Waals surface area contributed by atoms with E-state index in [0.717, 1.165) is 32.1 Å². The van der Waals surface area contributed by atoms with Crippen LogP contribution in [0.3, 0.4) is 0 Å². The van der Waals surface area contributed by atoms with Crippen molar-refractivity contribution in [2.24, 2.45) is 23.2 Å². The van der Waals surface area contributed by atoms with Crippen molar-refractivity contribution in [2.45, 2.75) is 124 Å². The maximum Gasteiger partial charge on any atom is 0.303 e. The number of allylic oxidation sites excluding steroid dienone is 5. The maximum atomic E-state index is 11.6. The third-order valence-electron chi connectivity index (χ3n) is 9.19. The molecule has 1 saturated carbocycles. The van der Waals surface area contributed by atoms with Gasteiger partial charge in [-0.2, -0.15) is 0 Å². The largest absolute Gasteiger partial charge is 0.462 e. The van der Waals surface area contributed by atoms with Crippen molar-refractivity contribution >= 4 is 11.9 Å². The molecule has 3 aliphatic rings. The van der Waals surface area contributed by atoms with Gasteiger partial charge >= 0.3 is 11.9 Å². The molecule has 5 nitrogen and oxygen atoms in total. The van der Waals surface area contributed by atoms with Gasteiger partial charge in [0.2, 0.25) is 0 Å². The molecular weight excluding hydrogens is 452 g/mol. The van der Waals surface area contributed by atoms with Crippen molar-refractivity contribution in [2.75, 3.05) is 0 Å². The van der Waals surface area contributed by atoms with E-state index in [2.05, 4.69) is 39.0 Å². The van der Waals surface area contributed by atoms with Gasteiger partial charge in [-0.15, -0.1) is 0 Å². The molecule has 0 spiro atoms. The van der Waals surface area contributed by atoms with Gasteiger partial charge < -0.3 is 14.6 Å². The number of ether oxygens (including phenoxy) is 2. The van der Waals surface area contributed by atoms with Crippen LogP contribution in [-0.2, 0) is 19.1 Å². The Labute approximate surface area is 218 Å². The molecule has 3 aliphatic carbocycles. The third kappa shape index (κ3) is 6.90. The van der Waals surface area contributed by atoms with Crippen LogP contribution in [-0.4, -0.2) is 34.9 Å². The minimum Gasteiger partial charge on any atom is -0.462 e. The van der Waals surface area contributed by atoms with Gasteiger partial charge in [0, 0.05) is 20.3 Å². The first-order valence-electron chi connectivity index (χ1n) is 13.9. The van der Waals surface area contributed by atoms with Crippen molar-refractivity contribution < 1.29 is 24.2 Å². The molecule has 6 atom stereocenters. The van der Waals surface area contributed by atoms with Gasteiger partial charge in [0.1, 0.15) is 12.2 Å². The molecule has 202 valence electrons. The van der Waals surface area contributed by atoms with Gasteiger partial charge in [-0.05, 0) is 106 Å². The summed E-state index contributed by atoms with van der Waals surface area (Å²) in [5.41, 5.74) is 3.39. The van der Waals surface area contributed by atoms with Crippen molar-refractivity contribution in [3.05, 3.63) is 34.9 Å². The molecule has 0 amide bonds. The van der Waals surface area contributed by atoms with Crippen LogP contribution < -0.4 is 0 Å². The summed E-state index contributed by atoms with van der Waals surface area (Å²) >= 11 is 0. The first-order chi connectivity index (χ1) is 16.8. The molecule has 0 bridgehead atoms. The molecule has 0 saturated heterocycles. The van der Waals surface area contributed by atoms with Crippen LogP contribution in [0.5, 0.6) is 0 Å². The highest BCUT2D eigenvalue weighted by atomic mass is 16.6. The van der Waals surface area contributed by atoms with Crippen molar-refractivity contribution in [1.82, 2.24) is 0 Å². The van der Waals surface area contributed by atoms with Crippen molar-refractivity contribution in [3.63, 3.8) is 0 Å². The molecule has 3 rings (SSSR count). The highest BCUT2D eigenvalue weighted by Gasteiger charge is 2.50. The van der Waals surface area contributed by atoms with E-state index in [1.165, 1.54) is 49.8 Å². The number of aliphatic hydroxyl groups is 1. The Morgan fingerprint density at radius 2 is 1.89 bits per heavy atom. The normalized spacial score (nSPS) is 30.6. The molecular formula is C31H48O5. The SMILES string of the molecule is CC(=O)O[C@H]1CCC(C)=C(/C=C\C2=CCC[C@]3(C)[C@@H]([C@H](C)CC[C@@H](OC(C)=O)C(C)(C)O)CC[C@@H]23)C1. The summed E-state index contributed by atoms with van der Waals surface area (Å²) in [6.07, 6.45) is 15.6. The molecule has 36 heavy (non-hydrogen) atoms. The third-order valence-corrected chi connectivity index (χ3v) is 9.19. The predicted octanol–water partition coefficient (Wildman–Crippen LogP) is 6.85. The first kappa shape index (κ1) is 28.7. The zero-order valence-corrected chi connectivity index (χ0v) is 23.6. The first-order valence-corrected chi connectivity index (χ1v) is 13.9. The van der Waals surface area contributed by atoms with Gasteiger partial charge in [0.15, 0.2) is 0 Å². The van der Waals surface area contributed by atoms with Crippen LogP contribution in [0.15, 0.2) is 34.9 Å². The van der Waals surface area contributed by atoms with Crippen LogP contribution in [0.1, 0.15) is 106 Å². The van der Waals surface area contributed by atoms with Gasteiger partial charge in [-0.1, -0.05) is 37.6 Å². The standard InChI is InChI=1S/C31H48O5/c1-20-10-14-26(35-22(3)32)19-25(20)13-12-24-9-8-18-31(7)27(15-16-28(24)31)21(2)11-17-29(30(5,6)34)36-23(4)33/h9,12-13,21,26-29,34H,8,10-11,14-19H2,1-7H3/b13-12-/t21-,26+,27-,28+,29-,31-/m1/s1. The Balaban J connectivity index is 1.67. The summed E-state index contributed by atoms with van der Waals surface area (Å²) in [5, 5.41) is 10.5. The van der Waals surface area contributed by atoms with Crippen molar-refractivity contribution in [1.29, 1.82) is 0 Å². The van der Waals surface area contributed by atoms with E-state index in [4.69, 9.17) is 9.47 Å². The van der Waals surface area contributed by atoms with Gasteiger partial charge in [0.05, 0.1) is 5.60 Å². The Kier molecular flexibility index (Phi) is 9.30. The highest BCUT2D eigenvalue weighted by Crippen LogP contribution is 2.59. The number of rotatable bonds is 9. The van der Waals surface area contributed by atoms with Crippen LogP contribution in [0.4, 0.5) is 0 Å². The minimum atomic E-state index is -1.04. The lowest BCUT2D eigenvalue weighted by Crippen LogP contribution is -2.40. The fraction of sp³-hybridized carbons (Fsp3) is 0.742. The van der Waals surface area contributed by atoms with E-state index in [0.29, 0.717) is 24.2 Å². The van der Waals surface area contributed by atoms with Crippen LogP contribution in [0.2, 0.25) is 0 Å². The zero-order chi connectivity index (χ0) is 26.7. The van der Waals surface area contributed by atoms with E-state index in [1.54, 1.807) is 13.8 Å². The number of carbonyl (C=O) groups is 2. The quantitative estimate of drug-likeness (QED) is 0.351. The smallest absolute Gasteiger partial charge is 0.303 e. The molecule has 0 aromatic carbocycles. The predicted molar refractivity (Wildman–Crippen MR) is 143 cm³/mol. The average molecular weight is 501 g/mol. The molecule has 0 radical (unpaired) electrons.